The summed E-state index contributed by atoms with van der Waals surface area (Å²) in [6.07, 6.45) is 3.64. The van der Waals surface area contributed by atoms with Gasteiger partial charge in [0.15, 0.2) is 0 Å². The Morgan fingerprint density at radius 3 is 2.73 bits per heavy atom. The number of likely N-dealkylation sites (tertiary alicyclic amines) is 1. The maximum Gasteiger partial charge on any atom is 0.253 e. The average molecular weight is 344 g/mol. The molecule has 5 rings (SSSR count). The summed E-state index contributed by atoms with van der Waals surface area (Å²) in [5.41, 5.74) is 5.00. The van der Waals surface area contributed by atoms with Crippen molar-refractivity contribution < 1.29 is 4.79 Å². The highest BCUT2D eigenvalue weighted by molar-refractivity contribution is 5.97. The van der Waals surface area contributed by atoms with Crippen molar-refractivity contribution in [1.82, 2.24) is 19.9 Å². The first-order valence-electron chi connectivity index (χ1n) is 9.08. The van der Waals surface area contributed by atoms with Gasteiger partial charge in [0.1, 0.15) is 0 Å². The van der Waals surface area contributed by atoms with Gasteiger partial charge in [-0.05, 0) is 48.6 Å². The van der Waals surface area contributed by atoms with Crippen LogP contribution in [0.25, 0.3) is 21.9 Å². The van der Waals surface area contributed by atoms with Crippen LogP contribution in [0.1, 0.15) is 34.8 Å². The van der Waals surface area contributed by atoms with E-state index in [9.17, 15) is 4.79 Å². The van der Waals surface area contributed by atoms with Crippen LogP contribution in [0.15, 0.2) is 54.9 Å². The van der Waals surface area contributed by atoms with Crippen LogP contribution in [0, 0.1) is 0 Å². The predicted octanol–water partition coefficient (Wildman–Crippen LogP) is 4.06. The van der Waals surface area contributed by atoms with E-state index in [1.165, 1.54) is 16.6 Å². The van der Waals surface area contributed by atoms with Crippen LogP contribution in [0.2, 0.25) is 0 Å². The van der Waals surface area contributed by atoms with Gasteiger partial charge in [0.05, 0.1) is 17.4 Å². The number of fused-ring (bicyclic) bond motifs is 2. The Kier molecular flexibility index (Phi) is 3.52. The number of benzene rings is 2. The summed E-state index contributed by atoms with van der Waals surface area (Å²) >= 11 is 0. The standard InChI is InChI=1S/C21H20N4O/c26-21(16-5-6-18-20(12-16)23-13-22-18)25-9-7-14(8-10-25)19-11-15-3-1-2-4-17(15)24-19/h1-6,11-14,24H,7-10H2,(H,22,23). The van der Waals surface area contributed by atoms with E-state index >= 15 is 0 Å². The Labute approximate surface area is 151 Å². The largest absolute Gasteiger partial charge is 0.358 e. The molecule has 0 atom stereocenters. The van der Waals surface area contributed by atoms with Gasteiger partial charge in [-0.1, -0.05) is 18.2 Å². The maximum absolute atomic E-state index is 12.8. The van der Waals surface area contributed by atoms with Gasteiger partial charge in [-0.2, -0.15) is 0 Å². The molecule has 4 aromatic rings. The van der Waals surface area contributed by atoms with Crippen molar-refractivity contribution in [3.05, 3.63) is 66.1 Å². The normalized spacial score (nSPS) is 15.8. The van der Waals surface area contributed by atoms with Gasteiger partial charge in [0.2, 0.25) is 0 Å². The first-order chi connectivity index (χ1) is 12.8. The number of imidazole rings is 1. The fraction of sp³-hybridized carbons (Fsp3) is 0.238. The molecule has 26 heavy (non-hydrogen) atoms. The molecular formula is C21H20N4O. The lowest BCUT2D eigenvalue weighted by Gasteiger charge is -2.31. The Morgan fingerprint density at radius 2 is 1.88 bits per heavy atom. The number of hydrogen-bond acceptors (Lipinski definition) is 2. The van der Waals surface area contributed by atoms with Crippen molar-refractivity contribution in [3.63, 3.8) is 0 Å². The van der Waals surface area contributed by atoms with Gasteiger partial charge >= 0.3 is 0 Å². The average Bonchev–Trinajstić information content (AvgIpc) is 3.33. The van der Waals surface area contributed by atoms with E-state index in [2.05, 4.69) is 45.3 Å². The molecule has 2 aromatic carbocycles. The predicted molar refractivity (Wildman–Crippen MR) is 102 cm³/mol. The van der Waals surface area contributed by atoms with E-state index in [0.29, 0.717) is 5.92 Å². The van der Waals surface area contributed by atoms with E-state index in [1.54, 1.807) is 6.33 Å². The van der Waals surface area contributed by atoms with Crippen molar-refractivity contribution in [2.45, 2.75) is 18.8 Å². The third kappa shape index (κ3) is 2.56. The van der Waals surface area contributed by atoms with Crippen molar-refractivity contribution in [2.75, 3.05) is 13.1 Å². The molecule has 3 heterocycles. The quantitative estimate of drug-likeness (QED) is 0.576. The Balaban J connectivity index is 1.30. The summed E-state index contributed by atoms with van der Waals surface area (Å²) in [7, 11) is 0. The Morgan fingerprint density at radius 1 is 1.04 bits per heavy atom. The number of carbonyl (C=O) groups excluding carboxylic acids is 1. The van der Waals surface area contributed by atoms with Crippen LogP contribution in [0.3, 0.4) is 0 Å². The second-order valence-corrected chi connectivity index (χ2v) is 7.01. The zero-order valence-corrected chi connectivity index (χ0v) is 14.4. The van der Waals surface area contributed by atoms with Crippen LogP contribution < -0.4 is 0 Å². The minimum absolute atomic E-state index is 0.108. The fourth-order valence-electron chi connectivity index (χ4n) is 3.96. The number of H-pyrrole nitrogens is 2. The molecule has 1 fully saturated rings. The second-order valence-electron chi connectivity index (χ2n) is 7.01. The molecule has 1 amide bonds. The zero-order valence-electron chi connectivity index (χ0n) is 14.4. The molecule has 2 aromatic heterocycles. The Hall–Kier alpha value is -3.08. The Bertz CT molecular complexity index is 1050. The number of para-hydroxylation sites is 1. The molecule has 0 radical (unpaired) electrons. The lowest BCUT2D eigenvalue weighted by molar-refractivity contribution is 0.0712. The molecule has 1 aliphatic rings. The topological polar surface area (TPSA) is 64.8 Å². The smallest absolute Gasteiger partial charge is 0.253 e. The molecule has 5 heteroatoms. The number of aromatic amines is 2. The number of carbonyl (C=O) groups is 1. The zero-order chi connectivity index (χ0) is 17.5. The molecule has 2 N–H and O–H groups in total. The molecule has 0 aliphatic carbocycles. The van der Waals surface area contributed by atoms with E-state index in [1.807, 2.05) is 23.1 Å². The summed E-state index contributed by atoms with van der Waals surface area (Å²) < 4.78 is 0. The van der Waals surface area contributed by atoms with Gasteiger partial charge in [0.25, 0.3) is 5.91 Å². The molecule has 5 nitrogen and oxygen atoms in total. The van der Waals surface area contributed by atoms with Gasteiger partial charge < -0.3 is 14.9 Å². The summed E-state index contributed by atoms with van der Waals surface area (Å²) in [5, 5.41) is 1.26. The van der Waals surface area contributed by atoms with Gasteiger partial charge in [-0.25, -0.2) is 4.98 Å². The van der Waals surface area contributed by atoms with Crippen LogP contribution >= 0.6 is 0 Å². The lowest BCUT2D eigenvalue weighted by Crippen LogP contribution is -2.38. The lowest BCUT2D eigenvalue weighted by atomic mass is 9.93. The first kappa shape index (κ1) is 15.2. The van der Waals surface area contributed by atoms with E-state index < -0.39 is 0 Å². The highest BCUT2D eigenvalue weighted by atomic mass is 16.2. The molecule has 0 bridgehead atoms. The third-order valence-electron chi connectivity index (χ3n) is 5.44. The van der Waals surface area contributed by atoms with Crippen molar-refractivity contribution >= 4 is 27.8 Å². The van der Waals surface area contributed by atoms with Crippen molar-refractivity contribution in [2.24, 2.45) is 0 Å². The summed E-state index contributed by atoms with van der Waals surface area (Å²) in [6, 6.07) is 16.3. The molecular weight excluding hydrogens is 324 g/mol. The monoisotopic (exact) mass is 344 g/mol. The van der Waals surface area contributed by atoms with Crippen molar-refractivity contribution in [1.29, 1.82) is 0 Å². The molecule has 0 unspecified atom stereocenters. The van der Waals surface area contributed by atoms with Crippen LogP contribution in [0.4, 0.5) is 0 Å². The van der Waals surface area contributed by atoms with Crippen LogP contribution in [0.5, 0.6) is 0 Å². The number of nitrogens with one attached hydrogen (secondary N) is 2. The number of rotatable bonds is 2. The first-order valence-corrected chi connectivity index (χ1v) is 9.08. The number of nitrogens with zero attached hydrogens (tertiary/aromatic N) is 2. The maximum atomic E-state index is 12.8. The number of hydrogen-bond donors (Lipinski definition) is 2. The highest BCUT2D eigenvalue weighted by Crippen LogP contribution is 2.30. The summed E-state index contributed by atoms with van der Waals surface area (Å²) in [4.78, 5) is 25.6. The summed E-state index contributed by atoms with van der Waals surface area (Å²) in [6.45, 7) is 1.58. The summed E-state index contributed by atoms with van der Waals surface area (Å²) in [5.74, 6) is 0.595. The minimum Gasteiger partial charge on any atom is -0.358 e. The van der Waals surface area contributed by atoms with Gasteiger partial charge in [-0.3, -0.25) is 4.79 Å². The van der Waals surface area contributed by atoms with E-state index in [0.717, 1.165) is 42.5 Å². The molecule has 1 aliphatic heterocycles. The van der Waals surface area contributed by atoms with E-state index in [4.69, 9.17) is 0 Å². The van der Waals surface area contributed by atoms with Gasteiger partial charge in [-0.15, -0.1) is 0 Å². The minimum atomic E-state index is 0.108. The molecule has 1 saturated heterocycles. The SMILES string of the molecule is O=C(c1ccc2nc[nH]c2c1)N1CCC(c2cc3ccccc3[nH]2)CC1. The fourth-order valence-corrected chi connectivity index (χ4v) is 3.96. The molecule has 0 spiro atoms. The number of amides is 1. The molecule has 0 saturated carbocycles. The van der Waals surface area contributed by atoms with E-state index in [-0.39, 0.29) is 5.91 Å². The third-order valence-corrected chi connectivity index (χ3v) is 5.44. The van der Waals surface area contributed by atoms with Crippen molar-refractivity contribution in [3.8, 4) is 0 Å². The van der Waals surface area contributed by atoms with Crippen LogP contribution in [-0.4, -0.2) is 38.8 Å². The van der Waals surface area contributed by atoms with Crippen LogP contribution in [-0.2, 0) is 0 Å². The number of aromatic nitrogens is 3. The van der Waals surface area contributed by atoms with Gasteiger partial charge in [0, 0.05) is 35.8 Å². The second kappa shape index (κ2) is 6.02. The molecule has 130 valence electrons. The number of piperidine rings is 1. The highest BCUT2D eigenvalue weighted by Gasteiger charge is 2.25.